The number of esters is 1. The van der Waals surface area contributed by atoms with E-state index in [1.54, 1.807) is 39.0 Å². The number of nitrogens with one attached hydrogen (secondary N) is 1. The fourth-order valence-corrected chi connectivity index (χ4v) is 3.57. The molecule has 1 N–H and O–H groups in total. The number of benzene rings is 1. The van der Waals surface area contributed by atoms with Gasteiger partial charge in [-0.2, -0.15) is 9.64 Å². The van der Waals surface area contributed by atoms with Crippen LogP contribution < -0.4 is 10.2 Å². The van der Waals surface area contributed by atoms with Gasteiger partial charge in [-0.25, -0.2) is 4.79 Å². The number of carbonyl (C=O) groups is 2. The number of allylic oxidation sites excluding steroid dienone is 1. The molecule has 11 heteroatoms. The molecule has 0 saturated carbocycles. The van der Waals surface area contributed by atoms with Gasteiger partial charge < -0.3 is 19.7 Å². The molecule has 0 fully saturated rings. The predicted octanol–water partition coefficient (Wildman–Crippen LogP) is 5.73. The number of carbonyl (C=O) groups excluding carboxylic acids is 2. The lowest BCUT2D eigenvalue weighted by molar-refractivity contribution is -0.138. The molecule has 10 nitrogen and oxygen atoms in total. The first-order chi connectivity index (χ1) is 17.5. The van der Waals surface area contributed by atoms with Crippen LogP contribution in [0.15, 0.2) is 65.1 Å². The third-order valence-electron chi connectivity index (χ3n) is 4.92. The van der Waals surface area contributed by atoms with Gasteiger partial charge in [0.25, 0.3) is 0 Å². The van der Waals surface area contributed by atoms with Gasteiger partial charge >= 0.3 is 5.97 Å². The summed E-state index contributed by atoms with van der Waals surface area (Å²) in [5, 5.41) is 20.9. The van der Waals surface area contributed by atoms with Crippen LogP contribution in [0.3, 0.4) is 0 Å². The number of azo groups is 1. The number of aryl methyl sites for hydroxylation is 1. The van der Waals surface area contributed by atoms with Gasteiger partial charge in [-0.1, -0.05) is 19.7 Å². The van der Waals surface area contributed by atoms with Crippen molar-refractivity contribution in [1.29, 1.82) is 5.26 Å². The summed E-state index contributed by atoms with van der Waals surface area (Å²) < 4.78 is 15.1. The lowest BCUT2D eigenvalue weighted by Gasteiger charge is -2.26. The van der Waals surface area contributed by atoms with Crippen LogP contribution in [0.1, 0.15) is 32.0 Å². The minimum atomic E-state index is -0.475. The maximum atomic E-state index is 11.9. The minimum Gasteiger partial charge on any atom is -0.492 e. The molecule has 0 radical (unpaired) electrons. The highest BCUT2D eigenvalue weighted by atomic mass is 32.1. The van der Waals surface area contributed by atoms with Crippen molar-refractivity contribution in [3.8, 4) is 6.07 Å². The molecule has 1 amide bonds. The Balaban J connectivity index is 2.33. The fourth-order valence-electron chi connectivity index (χ4n) is 2.90. The molecule has 2 rings (SSSR count). The standard InChI is InChI=1S/C26H30N6O4S/c1-16(2)19(6)35-12-10-32(11-13-36-26(34)17(3)4)21-8-9-23(24(14-21)28-20(7)33)29-30-25-22(15-27)18(5)31-37-25/h8-9,14H,1,3,6,10-13H2,2,4-5,7H3,(H,28,33)/b30-29+. The highest BCUT2D eigenvalue weighted by Crippen LogP contribution is 2.34. The van der Waals surface area contributed by atoms with Gasteiger partial charge in [-0.3, -0.25) is 4.79 Å². The van der Waals surface area contributed by atoms with Crippen LogP contribution in [-0.2, 0) is 19.1 Å². The van der Waals surface area contributed by atoms with Gasteiger partial charge in [0.2, 0.25) is 5.91 Å². The van der Waals surface area contributed by atoms with Crippen molar-refractivity contribution in [3.05, 3.63) is 66.1 Å². The zero-order chi connectivity index (χ0) is 27.5. The Labute approximate surface area is 220 Å². The van der Waals surface area contributed by atoms with E-state index in [2.05, 4.69) is 45.7 Å². The van der Waals surface area contributed by atoms with Crippen LogP contribution in [0.5, 0.6) is 0 Å². The second kappa shape index (κ2) is 13.7. The summed E-state index contributed by atoms with van der Waals surface area (Å²) in [6.07, 6.45) is 0. The molecule has 0 unspecified atom stereocenters. The van der Waals surface area contributed by atoms with E-state index in [0.717, 1.165) is 22.8 Å². The lowest BCUT2D eigenvalue weighted by Crippen LogP contribution is -2.31. The first-order valence-electron chi connectivity index (χ1n) is 11.3. The predicted molar refractivity (Wildman–Crippen MR) is 144 cm³/mol. The molecule has 2 aromatic rings. The topological polar surface area (TPSA) is 129 Å². The Kier molecular flexibility index (Phi) is 10.7. The van der Waals surface area contributed by atoms with E-state index in [9.17, 15) is 14.9 Å². The Morgan fingerprint density at radius 3 is 2.38 bits per heavy atom. The summed E-state index contributed by atoms with van der Waals surface area (Å²) >= 11 is 1.07. The highest BCUT2D eigenvalue weighted by Gasteiger charge is 2.14. The van der Waals surface area contributed by atoms with E-state index in [-0.39, 0.29) is 12.5 Å². The molecule has 0 saturated heterocycles. The maximum absolute atomic E-state index is 11.9. The van der Waals surface area contributed by atoms with Crippen molar-refractivity contribution >= 4 is 45.5 Å². The second-order valence-corrected chi connectivity index (χ2v) is 8.85. The zero-order valence-electron chi connectivity index (χ0n) is 21.5. The van der Waals surface area contributed by atoms with Crippen molar-refractivity contribution in [2.24, 2.45) is 10.2 Å². The molecule has 194 valence electrons. The third kappa shape index (κ3) is 8.70. The van der Waals surface area contributed by atoms with Gasteiger partial charge in [-0.05, 0) is 56.1 Å². The number of anilines is 2. The van der Waals surface area contributed by atoms with Crippen molar-refractivity contribution in [1.82, 2.24) is 4.37 Å². The number of aromatic nitrogens is 1. The van der Waals surface area contributed by atoms with Gasteiger partial charge in [0.1, 0.15) is 36.3 Å². The first kappa shape index (κ1) is 28.9. The van der Waals surface area contributed by atoms with Crippen LogP contribution in [0.25, 0.3) is 0 Å². The SMILES string of the molecule is C=C(C)C(=C)OCCN(CCOC(=O)C(=C)C)c1ccc(/N=N/c2snc(C)c2C#N)c(NC(C)=O)c1. The summed E-state index contributed by atoms with van der Waals surface area (Å²) in [4.78, 5) is 25.6. The second-order valence-electron chi connectivity index (χ2n) is 8.10. The monoisotopic (exact) mass is 522 g/mol. The molecular weight excluding hydrogens is 492 g/mol. The van der Waals surface area contributed by atoms with Gasteiger partial charge in [-0.15, -0.1) is 10.2 Å². The van der Waals surface area contributed by atoms with Crippen LogP contribution in [0.2, 0.25) is 0 Å². The number of hydrogen-bond acceptors (Lipinski definition) is 10. The van der Waals surface area contributed by atoms with Crippen LogP contribution in [0.4, 0.5) is 22.1 Å². The minimum absolute atomic E-state index is 0.117. The Bertz CT molecular complexity index is 1240. The molecule has 1 heterocycles. The number of amides is 1. The summed E-state index contributed by atoms with van der Waals surface area (Å²) in [7, 11) is 0. The zero-order valence-corrected chi connectivity index (χ0v) is 22.3. The van der Waals surface area contributed by atoms with Crippen molar-refractivity contribution in [2.45, 2.75) is 27.7 Å². The molecule has 0 bridgehead atoms. The van der Waals surface area contributed by atoms with Crippen molar-refractivity contribution < 1.29 is 19.1 Å². The maximum Gasteiger partial charge on any atom is 0.333 e. The normalized spacial score (nSPS) is 10.5. The van der Waals surface area contributed by atoms with Crippen molar-refractivity contribution in [3.63, 3.8) is 0 Å². The number of hydrogen-bond donors (Lipinski definition) is 1. The molecule has 37 heavy (non-hydrogen) atoms. The molecule has 0 spiro atoms. The molecule has 0 atom stereocenters. The van der Waals surface area contributed by atoms with Gasteiger partial charge in [0.05, 0.1) is 24.5 Å². The summed E-state index contributed by atoms with van der Waals surface area (Å²) in [5.41, 5.74) is 3.52. The number of ether oxygens (including phenoxy) is 2. The van der Waals surface area contributed by atoms with E-state index in [1.165, 1.54) is 6.92 Å². The molecular formula is C26H30N6O4S. The molecule has 0 aliphatic carbocycles. The summed E-state index contributed by atoms with van der Waals surface area (Å²) in [5.74, 6) is -0.280. The third-order valence-corrected chi connectivity index (χ3v) is 5.74. The van der Waals surface area contributed by atoms with E-state index in [4.69, 9.17) is 9.47 Å². The lowest BCUT2D eigenvalue weighted by atomic mass is 10.2. The average molecular weight is 523 g/mol. The van der Waals surface area contributed by atoms with E-state index < -0.39 is 5.97 Å². The molecule has 1 aromatic carbocycles. The van der Waals surface area contributed by atoms with E-state index in [0.29, 0.717) is 58.7 Å². The Hall–Kier alpha value is -4.30. The number of nitriles is 1. The average Bonchev–Trinajstić information content (AvgIpc) is 3.20. The highest BCUT2D eigenvalue weighted by molar-refractivity contribution is 7.10. The first-order valence-corrected chi connectivity index (χ1v) is 12.1. The van der Waals surface area contributed by atoms with Gasteiger partial charge in [0, 0.05) is 18.2 Å². The fraction of sp³-hybridized carbons (Fsp3) is 0.308. The number of rotatable bonds is 13. The largest absolute Gasteiger partial charge is 0.492 e. The molecule has 0 aliphatic rings. The Morgan fingerprint density at radius 2 is 1.78 bits per heavy atom. The van der Waals surface area contributed by atoms with Crippen LogP contribution >= 0.6 is 11.5 Å². The van der Waals surface area contributed by atoms with Crippen LogP contribution in [0, 0.1) is 18.3 Å². The summed E-state index contributed by atoms with van der Waals surface area (Å²) in [6.45, 7) is 18.9. The Morgan fingerprint density at radius 1 is 1.11 bits per heavy atom. The van der Waals surface area contributed by atoms with E-state index in [1.807, 2.05) is 4.90 Å². The quantitative estimate of drug-likeness (QED) is 0.117. The smallest absolute Gasteiger partial charge is 0.333 e. The summed E-state index contributed by atoms with van der Waals surface area (Å²) in [6, 6.07) is 7.32. The number of nitrogens with zero attached hydrogens (tertiary/aromatic N) is 5. The molecule has 1 aromatic heterocycles. The van der Waals surface area contributed by atoms with Crippen LogP contribution in [-0.4, -0.2) is 42.6 Å². The van der Waals surface area contributed by atoms with Crippen molar-refractivity contribution in [2.75, 3.05) is 36.5 Å². The van der Waals surface area contributed by atoms with E-state index >= 15 is 0 Å². The van der Waals surface area contributed by atoms with Gasteiger partial charge in [0.15, 0.2) is 5.00 Å². The molecule has 0 aliphatic heterocycles.